The normalized spacial score (nSPS) is 22.1. The first-order chi connectivity index (χ1) is 10.6. The zero-order chi connectivity index (χ0) is 17.3. The first-order valence-electron chi connectivity index (χ1n) is 7.61. The third kappa shape index (κ3) is 4.52. The summed E-state index contributed by atoms with van der Waals surface area (Å²) in [6.07, 6.45) is 11.5. The Morgan fingerprint density at radius 3 is 2.43 bits per heavy atom. The first kappa shape index (κ1) is 16.9. The summed E-state index contributed by atoms with van der Waals surface area (Å²) in [5.74, 6) is 0.831. The molecule has 0 atom stereocenters. The van der Waals surface area contributed by atoms with Gasteiger partial charge in [-0.3, -0.25) is 4.79 Å². The van der Waals surface area contributed by atoms with E-state index in [1.54, 1.807) is 6.08 Å². The first-order valence-corrected chi connectivity index (χ1v) is 7.61. The van der Waals surface area contributed by atoms with Crippen LogP contribution in [0.5, 0.6) is 0 Å². The lowest BCUT2D eigenvalue weighted by Gasteiger charge is -2.15. The van der Waals surface area contributed by atoms with Gasteiger partial charge in [0.25, 0.3) is 5.91 Å². The van der Waals surface area contributed by atoms with Gasteiger partial charge >= 0.3 is 0 Å². The van der Waals surface area contributed by atoms with Crippen LogP contribution in [0.3, 0.4) is 0 Å². The van der Waals surface area contributed by atoms with Gasteiger partial charge in [0.1, 0.15) is 11.7 Å². The monoisotopic (exact) mass is 312 g/mol. The molecule has 5 nitrogen and oxygen atoms in total. The SMILES string of the molecule is CC1=NC(NC2=C(C(N)=O)C=CC(C)(C)C=C2)=CC(C)(C)C=N1. The zero-order valence-electron chi connectivity index (χ0n) is 14.3. The minimum absolute atomic E-state index is 0.149. The molecule has 3 N–H and O–H groups in total. The second-order valence-corrected chi connectivity index (χ2v) is 7.07. The minimum Gasteiger partial charge on any atom is -0.366 e. The maximum Gasteiger partial charge on any atom is 0.250 e. The van der Waals surface area contributed by atoms with E-state index in [0.29, 0.717) is 22.9 Å². The number of primary amides is 1. The van der Waals surface area contributed by atoms with Crippen molar-refractivity contribution >= 4 is 18.0 Å². The fourth-order valence-electron chi connectivity index (χ4n) is 2.24. The molecule has 0 bridgehead atoms. The molecule has 0 saturated heterocycles. The van der Waals surface area contributed by atoms with Gasteiger partial charge in [-0.05, 0) is 19.1 Å². The van der Waals surface area contributed by atoms with Crippen molar-refractivity contribution in [2.24, 2.45) is 26.5 Å². The molecule has 0 aromatic heterocycles. The maximum absolute atomic E-state index is 11.8. The Labute approximate surface area is 137 Å². The molecule has 23 heavy (non-hydrogen) atoms. The second-order valence-electron chi connectivity index (χ2n) is 7.07. The largest absolute Gasteiger partial charge is 0.366 e. The molecule has 0 aromatic rings. The summed E-state index contributed by atoms with van der Waals surface area (Å²) >= 11 is 0. The molecule has 1 amide bonds. The Balaban J connectivity index is 2.43. The fraction of sp³-hybridized carbons (Fsp3) is 0.389. The number of carbonyl (C=O) groups excluding carboxylic acids is 1. The van der Waals surface area contributed by atoms with Crippen molar-refractivity contribution < 1.29 is 4.79 Å². The summed E-state index contributed by atoms with van der Waals surface area (Å²) in [7, 11) is 0. The molecule has 2 aliphatic rings. The molecular weight excluding hydrogens is 288 g/mol. The van der Waals surface area contributed by atoms with E-state index in [1.807, 2.05) is 51.3 Å². The lowest BCUT2D eigenvalue weighted by molar-refractivity contribution is -0.114. The van der Waals surface area contributed by atoms with E-state index in [2.05, 4.69) is 29.1 Å². The van der Waals surface area contributed by atoms with E-state index < -0.39 is 5.91 Å². The molecule has 0 radical (unpaired) electrons. The number of amides is 1. The topological polar surface area (TPSA) is 79.8 Å². The van der Waals surface area contributed by atoms with Gasteiger partial charge in [-0.15, -0.1) is 0 Å². The van der Waals surface area contributed by atoms with E-state index >= 15 is 0 Å². The van der Waals surface area contributed by atoms with Crippen LogP contribution in [0, 0.1) is 10.8 Å². The van der Waals surface area contributed by atoms with Crippen LogP contribution >= 0.6 is 0 Å². The van der Waals surface area contributed by atoms with Gasteiger partial charge in [-0.2, -0.15) is 0 Å². The predicted molar refractivity (Wildman–Crippen MR) is 94.9 cm³/mol. The van der Waals surface area contributed by atoms with E-state index in [-0.39, 0.29) is 10.8 Å². The molecule has 0 unspecified atom stereocenters. The van der Waals surface area contributed by atoms with Crippen LogP contribution in [-0.2, 0) is 4.79 Å². The molecule has 1 heterocycles. The van der Waals surface area contributed by atoms with Gasteiger partial charge in [0.15, 0.2) is 0 Å². The summed E-state index contributed by atoms with van der Waals surface area (Å²) in [5, 5.41) is 3.23. The van der Waals surface area contributed by atoms with E-state index in [9.17, 15) is 4.79 Å². The number of hydrogen-bond donors (Lipinski definition) is 2. The lowest BCUT2D eigenvalue weighted by Crippen LogP contribution is -2.21. The van der Waals surface area contributed by atoms with Crippen LogP contribution in [0.2, 0.25) is 0 Å². The van der Waals surface area contributed by atoms with Crippen LogP contribution in [-0.4, -0.2) is 18.0 Å². The second kappa shape index (κ2) is 5.99. The average molecular weight is 312 g/mol. The van der Waals surface area contributed by atoms with Gasteiger partial charge in [0, 0.05) is 17.0 Å². The van der Waals surface area contributed by atoms with Crippen molar-refractivity contribution in [3.8, 4) is 0 Å². The van der Waals surface area contributed by atoms with Crippen LogP contribution < -0.4 is 11.1 Å². The van der Waals surface area contributed by atoms with Gasteiger partial charge in [0.05, 0.1) is 11.3 Å². The molecular formula is C18H24N4O. The number of aliphatic imine (C=N–C) groups is 2. The van der Waals surface area contributed by atoms with Crippen LogP contribution in [0.4, 0.5) is 0 Å². The molecule has 0 saturated carbocycles. The van der Waals surface area contributed by atoms with Crippen molar-refractivity contribution in [1.82, 2.24) is 5.32 Å². The molecule has 0 aromatic carbocycles. The van der Waals surface area contributed by atoms with E-state index in [4.69, 9.17) is 5.73 Å². The van der Waals surface area contributed by atoms with Gasteiger partial charge in [0.2, 0.25) is 0 Å². The molecule has 0 fully saturated rings. The summed E-state index contributed by atoms with van der Waals surface area (Å²) in [6.45, 7) is 10.0. The maximum atomic E-state index is 11.8. The Hall–Kier alpha value is -2.43. The summed E-state index contributed by atoms with van der Waals surface area (Å²) < 4.78 is 0. The Morgan fingerprint density at radius 2 is 1.78 bits per heavy atom. The molecule has 1 aliphatic carbocycles. The number of nitrogens with two attached hydrogens (primary N) is 1. The predicted octanol–water partition coefficient (Wildman–Crippen LogP) is 2.84. The van der Waals surface area contributed by atoms with Crippen molar-refractivity contribution in [3.05, 3.63) is 47.5 Å². The highest BCUT2D eigenvalue weighted by atomic mass is 16.1. The number of amidine groups is 1. The van der Waals surface area contributed by atoms with Crippen LogP contribution in [0.15, 0.2) is 57.5 Å². The van der Waals surface area contributed by atoms with Crippen molar-refractivity contribution in [3.63, 3.8) is 0 Å². The molecule has 2 rings (SSSR count). The zero-order valence-corrected chi connectivity index (χ0v) is 14.3. The number of nitrogens with zero attached hydrogens (tertiary/aromatic N) is 2. The van der Waals surface area contributed by atoms with Crippen molar-refractivity contribution in [2.75, 3.05) is 0 Å². The highest BCUT2D eigenvalue weighted by Crippen LogP contribution is 2.26. The molecule has 0 spiro atoms. The highest BCUT2D eigenvalue weighted by Gasteiger charge is 2.20. The van der Waals surface area contributed by atoms with Crippen molar-refractivity contribution in [1.29, 1.82) is 0 Å². The van der Waals surface area contributed by atoms with Crippen LogP contribution in [0.25, 0.3) is 0 Å². The van der Waals surface area contributed by atoms with Crippen LogP contribution in [0.1, 0.15) is 34.6 Å². The minimum atomic E-state index is -0.475. The van der Waals surface area contributed by atoms with E-state index in [1.165, 1.54) is 0 Å². The van der Waals surface area contributed by atoms with E-state index in [0.717, 1.165) is 0 Å². The summed E-state index contributed by atoms with van der Waals surface area (Å²) in [5.41, 5.74) is 6.22. The number of nitrogens with one attached hydrogen (secondary N) is 1. The standard InChI is InChI=1S/C18H24N4O/c1-12-20-11-18(4,5)10-15(21-12)22-14-7-9-17(2,3)8-6-13(14)16(19)23/h6-11,22H,1-5H3,(H2,19,23). The summed E-state index contributed by atoms with van der Waals surface area (Å²) in [6, 6.07) is 0. The Kier molecular flexibility index (Phi) is 4.41. The number of allylic oxidation sites excluding steroid dienone is 4. The molecule has 122 valence electrons. The molecule has 5 heteroatoms. The van der Waals surface area contributed by atoms with Gasteiger partial charge < -0.3 is 11.1 Å². The number of hydrogen-bond acceptors (Lipinski definition) is 4. The Morgan fingerprint density at radius 1 is 1.13 bits per heavy atom. The van der Waals surface area contributed by atoms with Gasteiger partial charge in [-0.25, -0.2) is 9.98 Å². The highest BCUT2D eigenvalue weighted by molar-refractivity contribution is 5.96. The third-order valence-electron chi connectivity index (χ3n) is 3.55. The quantitative estimate of drug-likeness (QED) is 0.840. The van der Waals surface area contributed by atoms with Crippen molar-refractivity contribution in [2.45, 2.75) is 34.6 Å². The number of carbonyl (C=O) groups is 1. The summed E-state index contributed by atoms with van der Waals surface area (Å²) in [4.78, 5) is 20.5. The van der Waals surface area contributed by atoms with Gasteiger partial charge in [-0.1, -0.05) is 45.9 Å². The lowest BCUT2D eigenvalue weighted by atomic mass is 9.93. The smallest absolute Gasteiger partial charge is 0.250 e. The average Bonchev–Trinajstić information content (AvgIpc) is 2.63. The Bertz CT molecular complexity index is 701. The number of rotatable bonds is 3. The fourth-order valence-corrected chi connectivity index (χ4v) is 2.24. The molecule has 1 aliphatic heterocycles. The third-order valence-corrected chi connectivity index (χ3v) is 3.55.